The summed E-state index contributed by atoms with van der Waals surface area (Å²) in [5.74, 6) is -1.90. The Labute approximate surface area is 383 Å². The van der Waals surface area contributed by atoms with Gasteiger partial charge in [0.1, 0.15) is 34.1 Å². The molecule has 4 aromatic carbocycles. The van der Waals surface area contributed by atoms with E-state index < -0.39 is 40.8 Å². The summed E-state index contributed by atoms with van der Waals surface area (Å²) in [6.07, 6.45) is 2.92. The number of urea groups is 1. The van der Waals surface area contributed by atoms with Gasteiger partial charge in [0.25, 0.3) is 5.91 Å². The summed E-state index contributed by atoms with van der Waals surface area (Å²) in [4.78, 5) is 84.7. The first kappa shape index (κ1) is 42.6. The third-order valence-corrected chi connectivity index (χ3v) is 16.1. The lowest BCUT2D eigenvalue weighted by Crippen LogP contribution is -2.70. The molecule has 17 nitrogen and oxygen atoms in total. The Morgan fingerprint density at radius 3 is 2.35 bits per heavy atom. The Morgan fingerprint density at radius 1 is 0.892 bits per heavy atom. The van der Waals surface area contributed by atoms with E-state index in [4.69, 9.17) is 14.3 Å². The number of anilines is 1. The minimum Gasteiger partial charge on any atom is -0.508 e. The van der Waals surface area contributed by atoms with Crippen molar-refractivity contribution in [3.8, 4) is 23.0 Å². The van der Waals surface area contributed by atoms with Crippen LogP contribution in [-0.2, 0) is 29.6 Å². The predicted octanol–water partition coefficient (Wildman–Crippen LogP) is 5.41. The largest absolute Gasteiger partial charge is 0.508 e. The molecule has 3 saturated heterocycles. The number of carbonyl (C=O) groups is 6. The fraction of sp³-hybridized carbons (Fsp3) is 0.289. The molecule has 334 valence electrons. The number of phenolic OH excluding ortho intramolecular Hbond substituents is 2. The van der Waals surface area contributed by atoms with Gasteiger partial charge in [-0.3, -0.25) is 14.5 Å². The van der Waals surface area contributed by atoms with Crippen LogP contribution in [0.1, 0.15) is 63.1 Å². The number of unbranched alkanes of at least 4 members (excludes halogenated alkanes) is 1. The van der Waals surface area contributed by atoms with E-state index in [2.05, 4.69) is 21.4 Å². The first-order valence-electron chi connectivity index (χ1n) is 20.7. The molecular formula is C45H39N5O12S3. The molecule has 0 saturated carbocycles. The van der Waals surface area contributed by atoms with Gasteiger partial charge in [0.2, 0.25) is 5.91 Å². The third-order valence-electron chi connectivity index (χ3n) is 12.2. The number of nitrogens with one attached hydrogen (secondary N) is 4. The van der Waals surface area contributed by atoms with Crippen molar-refractivity contribution < 1.29 is 58.4 Å². The number of aromatic hydroxyl groups is 2. The highest BCUT2D eigenvalue weighted by Crippen LogP contribution is 2.57. The number of aliphatic carboxylic acids is 1. The number of amides is 4. The number of carboxylic acids is 1. The van der Waals surface area contributed by atoms with Crippen LogP contribution in [0.4, 0.5) is 10.5 Å². The SMILES string of the molecule is O=C(CCCC[C@H]1SC[C@H]2NC(=O)N[C@H]21)Nc1ccc(SCC2=C(C(=O)O)N3C(=O)[C@H](NOC(=O)c4ccc5c(c4)C4(OC5=O)c5ccc(O)cc5Oc5cc(O)ccc54)[C@@H]3SC2)cc1. The Balaban J connectivity index is 0.747. The van der Waals surface area contributed by atoms with Gasteiger partial charge in [-0.05, 0) is 85.1 Å². The summed E-state index contributed by atoms with van der Waals surface area (Å²) < 4.78 is 12.1. The molecule has 7 N–H and O–H groups in total. The van der Waals surface area contributed by atoms with Gasteiger partial charge in [-0.2, -0.15) is 11.8 Å². The quantitative estimate of drug-likeness (QED) is 0.0222. The summed E-state index contributed by atoms with van der Waals surface area (Å²) in [7, 11) is 0. The summed E-state index contributed by atoms with van der Waals surface area (Å²) in [6.45, 7) is 0. The number of esters is 1. The molecule has 20 heteroatoms. The van der Waals surface area contributed by atoms with Crippen LogP contribution in [0, 0.1) is 0 Å². The van der Waals surface area contributed by atoms with Crippen LogP contribution in [0.25, 0.3) is 0 Å². The highest BCUT2D eigenvalue weighted by molar-refractivity contribution is 8.01. The van der Waals surface area contributed by atoms with Crippen molar-refractivity contribution in [2.75, 3.05) is 22.6 Å². The number of ether oxygens (including phenoxy) is 2. The molecule has 65 heavy (non-hydrogen) atoms. The average molecular weight is 938 g/mol. The fourth-order valence-corrected chi connectivity index (χ4v) is 13.0. The first-order valence-corrected chi connectivity index (χ1v) is 23.8. The fourth-order valence-electron chi connectivity index (χ4n) is 9.07. The van der Waals surface area contributed by atoms with Crippen molar-refractivity contribution in [1.29, 1.82) is 0 Å². The van der Waals surface area contributed by atoms with Crippen molar-refractivity contribution in [1.82, 2.24) is 21.0 Å². The van der Waals surface area contributed by atoms with Gasteiger partial charge >= 0.3 is 23.9 Å². The molecule has 6 aliphatic heterocycles. The highest BCUT2D eigenvalue weighted by Gasteiger charge is 2.56. The molecule has 0 radical (unpaired) electrons. The Hall–Kier alpha value is -6.35. The van der Waals surface area contributed by atoms with Crippen molar-refractivity contribution in [3.05, 3.63) is 118 Å². The minimum atomic E-state index is -1.61. The van der Waals surface area contributed by atoms with Crippen molar-refractivity contribution in [3.63, 3.8) is 0 Å². The van der Waals surface area contributed by atoms with Crippen LogP contribution in [0.3, 0.4) is 0 Å². The summed E-state index contributed by atoms with van der Waals surface area (Å²) >= 11 is 4.59. The summed E-state index contributed by atoms with van der Waals surface area (Å²) in [5, 5.41) is 39.2. The molecular weight excluding hydrogens is 899 g/mol. The number of carboxylic acid groups (broad SMARTS) is 1. The van der Waals surface area contributed by atoms with E-state index in [1.165, 1.54) is 70.9 Å². The normalized spacial score (nSPS) is 22.9. The van der Waals surface area contributed by atoms with Crippen molar-refractivity contribution in [2.24, 2.45) is 0 Å². The van der Waals surface area contributed by atoms with Crippen LogP contribution in [0.5, 0.6) is 23.0 Å². The molecule has 6 aliphatic rings. The molecule has 0 unspecified atom stereocenters. The number of rotatable bonds is 13. The van der Waals surface area contributed by atoms with Gasteiger partial charge in [-0.25, -0.2) is 19.2 Å². The van der Waals surface area contributed by atoms with Gasteiger partial charge in [0, 0.05) is 68.3 Å². The number of benzene rings is 4. The van der Waals surface area contributed by atoms with Crippen LogP contribution in [-0.4, -0.2) is 102 Å². The maximum absolute atomic E-state index is 13.6. The Bertz CT molecular complexity index is 2680. The van der Waals surface area contributed by atoms with Crippen LogP contribution in [0.2, 0.25) is 0 Å². The summed E-state index contributed by atoms with van der Waals surface area (Å²) in [6, 6.07) is 19.3. The van der Waals surface area contributed by atoms with E-state index >= 15 is 0 Å². The average Bonchev–Trinajstić information content (AvgIpc) is 3.94. The van der Waals surface area contributed by atoms with E-state index in [0.717, 1.165) is 29.9 Å². The molecule has 0 bridgehead atoms. The number of nitrogens with zero attached hydrogens (tertiary/aromatic N) is 1. The maximum atomic E-state index is 13.6. The molecule has 0 aromatic heterocycles. The number of hydrogen-bond donors (Lipinski definition) is 7. The Kier molecular flexibility index (Phi) is 11.1. The number of hydrogen-bond acceptors (Lipinski definition) is 15. The molecule has 10 rings (SSSR count). The number of thioether (sulfide) groups is 3. The van der Waals surface area contributed by atoms with Gasteiger partial charge in [0.05, 0.1) is 23.2 Å². The number of β-lactam (4-membered cyclic amide) rings is 1. The van der Waals surface area contributed by atoms with Gasteiger partial charge < -0.3 is 45.6 Å². The lowest BCUT2D eigenvalue weighted by Gasteiger charge is -2.48. The van der Waals surface area contributed by atoms with E-state index in [1.807, 2.05) is 23.9 Å². The molecule has 3 fully saturated rings. The van der Waals surface area contributed by atoms with Gasteiger partial charge in [-0.15, -0.1) is 29.0 Å². The lowest BCUT2D eigenvalue weighted by atomic mass is 9.77. The zero-order valence-corrected chi connectivity index (χ0v) is 36.5. The second kappa shape index (κ2) is 16.9. The molecule has 0 aliphatic carbocycles. The van der Waals surface area contributed by atoms with Gasteiger partial charge in [-0.1, -0.05) is 6.42 Å². The van der Waals surface area contributed by atoms with Gasteiger partial charge in [0.15, 0.2) is 11.6 Å². The minimum absolute atomic E-state index is 0.00469. The third kappa shape index (κ3) is 7.66. The number of carbonyl (C=O) groups excluding carboxylic acids is 5. The molecule has 4 amide bonds. The highest BCUT2D eigenvalue weighted by atomic mass is 32.2. The van der Waals surface area contributed by atoms with E-state index in [0.29, 0.717) is 45.6 Å². The standard InChI is InChI=1S/C45H39N5O12S3/c51-24-8-13-28-32(16-24)60-33-17-25(52)9-14-29(33)45(28)30-15-21(5-12-27(30)43(58)61-45)42(57)62-49-37-39(54)50-38(41(55)56)22(19-65-40(37)50)18-63-26-10-6-23(7-11-26)46-35(53)4-2-1-3-34-36-31(20-64-34)47-44(59)48-36/h5-17,31,34,36-37,40,49,51-52H,1-4,18-20H2,(H,46,53)(H,55,56)(H2,47,48,59)/t31-,34-,36-,37+,40+/m1/s1. The number of phenols is 2. The van der Waals surface area contributed by atoms with Crippen LogP contribution < -0.4 is 26.2 Å². The smallest absolute Gasteiger partial charge is 0.356 e. The van der Waals surface area contributed by atoms with E-state index in [1.54, 1.807) is 24.3 Å². The second-order valence-corrected chi connectivity index (χ2v) is 19.6. The number of fused-ring (bicyclic) bond motifs is 8. The van der Waals surface area contributed by atoms with Crippen LogP contribution >= 0.6 is 35.3 Å². The maximum Gasteiger partial charge on any atom is 0.356 e. The molecule has 6 heterocycles. The summed E-state index contributed by atoms with van der Waals surface area (Å²) in [5.41, 5.74) is 3.19. The predicted molar refractivity (Wildman–Crippen MR) is 238 cm³/mol. The molecule has 5 atom stereocenters. The number of hydroxylamine groups is 1. The van der Waals surface area contributed by atoms with Crippen molar-refractivity contribution in [2.45, 2.75) is 64.9 Å². The first-order chi connectivity index (χ1) is 31.4. The van der Waals surface area contributed by atoms with E-state index in [9.17, 15) is 44.1 Å². The van der Waals surface area contributed by atoms with E-state index in [-0.39, 0.29) is 69.4 Å². The molecule has 1 spiro atoms. The monoisotopic (exact) mass is 937 g/mol. The second-order valence-electron chi connectivity index (χ2n) is 16.2. The van der Waals surface area contributed by atoms with Crippen LogP contribution in [0.15, 0.2) is 95.0 Å². The topological polar surface area (TPSA) is 242 Å². The zero-order chi connectivity index (χ0) is 45.1. The Morgan fingerprint density at radius 2 is 1.63 bits per heavy atom. The zero-order valence-electron chi connectivity index (χ0n) is 34.0. The van der Waals surface area contributed by atoms with Crippen molar-refractivity contribution >= 4 is 76.7 Å². The molecule has 4 aromatic rings. The lowest BCUT2D eigenvalue weighted by molar-refractivity contribution is -0.153.